The topological polar surface area (TPSA) is 61.4 Å². The van der Waals surface area contributed by atoms with Gasteiger partial charge in [0, 0.05) is 6.04 Å². The van der Waals surface area contributed by atoms with E-state index in [1.807, 2.05) is 0 Å². The van der Waals surface area contributed by atoms with Crippen LogP contribution in [0.25, 0.3) is 0 Å². The normalized spacial score (nSPS) is 42.7. The molecular weight excluding hydrogens is 240 g/mol. The number of rotatable bonds is 2. The molecule has 0 aromatic carbocycles. The number of carbonyl (C=O) groups is 1. The second-order valence-electron chi connectivity index (χ2n) is 6.57. The molecule has 19 heavy (non-hydrogen) atoms. The van der Waals surface area contributed by atoms with E-state index in [1.165, 1.54) is 25.7 Å². The molecule has 4 nitrogen and oxygen atoms in total. The molecule has 1 heterocycles. The van der Waals surface area contributed by atoms with Crippen molar-refractivity contribution < 1.29 is 9.90 Å². The SMILES string of the molecule is O=C(N[C@H]1CCCC[C@@H]1O)C1CC2CCCCC2N1. The molecule has 1 amide bonds. The summed E-state index contributed by atoms with van der Waals surface area (Å²) >= 11 is 0. The summed E-state index contributed by atoms with van der Waals surface area (Å²) in [5, 5.41) is 16.5. The van der Waals surface area contributed by atoms with Gasteiger partial charge in [-0.1, -0.05) is 25.7 Å². The van der Waals surface area contributed by atoms with Crippen molar-refractivity contribution in [2.24, 2.45) is 5.92 Å². The number of aliphatic hydroxyl groups is 1. The van der Waals surface area contributed by atoms with Crippen molar-refractivity contribution in [1.82, 2.24) is 10.6 Å². The lowest BCUT2D eigenvalue weighted by atomic mass is 9.85. The maximum atomic E-state index is 12.3. The summed E-state index contributed by atoms with van der Waals surface area (Å²) < 4.78 is 0. The van der Waals surface area contributed by atoms with Gasteiger partial charge in [-0.05, 0) is 38.0 Å². The first-order chi connectivity index (χ1) is 9.24. The molecule has 0 aromatic heterocycles. The second kappa shape index (κ2) is 5.80. The van der Waals surface area contributed by atoms with Gasteiger partial charge in [0.15, 0.2) is 0 Å². The molecule has 1 aliphatic heterocycles. The van der Waals surface area contributed by atoms with Gasteiger partial charge in [0.2, 0.25) is 5.91 Å². The Morgan fingerprint density at radius 2 is 1.79 bits per heavy atom. The van der Waals surface area contributed by atoms with E-state index < -0.39 is 0 Å². The van der Waals surface area contributed by atoms with E-state index in [-0.39, 0.29) is 24.1 Å². The van der Waals surface area contributed by atoms with Crippen molar-refractivity contribution >= 4 is 5.91 Å². The zero-order valence-electron chi connectivity index (χ0n) is 11.6. The van der Waals surface area contributed by atoms with Gasteiger partial charge in [0.1, 0.15) is 0 Å². The summed E-state index contributed by atoms with van der Waals surface area (Å²) in [7, 11) is 0. The largest absolute Gasteiger partial charge is 0.391 e. The highest BCUT2D eigenvalue weighted by atomic mass is 16.3. The third kappa shape index (κ3) is 2.95. The van der Waals surface area contributed by atoms with Gasteiger partial charge >= 0.3 is 0 Å². The number of nitrogens with one attached hydrogen (secondary N) is 2. The fraction of sp³-hybridized carbons (Fsp3) is 0.933. The third-order valence-corrected chi connectivity index (χ3v) is 5.24. The smallest absolute Gasteiger partial charge is 0.237 e. The molecule has 3 aliphatic rings. The lowest BCUT2D eigenvalue weighted by Crippen LogP contribution is -2.51. The lowest BCUT2D eigenvalue weighted by Gasteiger charge is -2.29. The van der Waals surface area contributed by atoms with Gasteiger partial charge in [-0.15, -0.1) is 0 Å². The number of fused-ring (bicyclic) bond motifs is 1. The van der Waals surface area contributed by atoms with Crippen LogP contribution < -0.4 is 10.6 Å². The minimum absolute atomic E-state index is 0.0225. The van der Waals surface area contributed by atoms with Gasteiger partial charge in [-0.2, -0.15) is 0 Å². The quantitative estimate of drug-likeness (QED) is 0.706. The van der Waals surface area contributed by atoms with E-state index in [1.54, 1.807) is 0 Å². The lowest BCUT2D eigenvalue weighted by molar-refractivity contribution is -0.124. The highest BCUT2D eigenvalue weighted by Gasteiger charge is 2.39. The molecule has 108 valence electrons. The Balaban J connectivity index is 1.53. The van der Waals surface area contributed by atoms with Crippen LogP contribution in [-0.4, -0.2) is 35.2 Å². The van der Waals surface area contributed by atoms with E-state index in [2.05, 4.69) is 10.6 Å². The molecule has 3 unspecified atom stereocenters. The van der Waals surface area contributed by atoms with Gasteiger partial charge in [-0.3, -0.25) is 4.79 Å². The van der Waals surface area contributed by atoms with Gasteiger partial charge in [0.25, 0.3) is 0 Å². The molecule has 5 atom stereocenters. The maximum Gasteiger partial charge on any atom is 0.237 e. The first-order valence-corrected chi connectivity index (χ1v) is 7.98. The van der Waals surface area contributed by atoms with Crippen LogP contribution in [0.15, 0.2) is 0 Å². The predicted octanol–water partition coefficient (Wildman–Crippen LogP) is 1.33. The Bertz CT molecular complexity index is 320. The van der Waals surface area contributed by atoms with Gasteiger partial charge in [-0.25, -0.2) is 0 Å². The fourth-order valence-corrected chi connectivity index (χ4v) is 4.08. The highest BCUT2D eigenvalue weighted by Crippen LogP contribution is 2.33. The Kier molecular flexibility index (Phi) is 4.08. The van der Waals surface area contributed by atoms with E-state index in [9.17, 15) is 9.90 Å². The molecule has 0 bridgehead atoms. The molecule has 0 aromatic rings. The number of amides is 1. The van der Waals surface area contributed by atoms with Crippen molar-refractivity contribution in [2.45, 2.75) is 82.0 Å². The Hall–Kier alpha value is -0.610. The van der Waals surface area contributed by atoms with Crippen LogP contribution in [-0.2, 0) is 4.79 Å². The summed E-state index contributed by atoms with van der Waals surface area (Å²) in [6, 6.07) is 0.508. The van der Waals surface area contributed by atoms with Crippen LogP contribution >= 0.6 is 0 Å². The third-order valence-electron chi connectivity index (χ3n) is 5.24. The van der Waals surface area contributed by atoms with Crippen molar-refractivity contribution in [2.75, 3.05) is 0 Å². The molecule has 2 aliphatic carbocycles. The summed E-state index contributed by atoms with van der Waals surface area (Å²) in [4.78, 5) is 12.3. The van der Waals surface area contributed by atoms with Gasteiger partial charge < -0.3 is 15.7 Å². The average Bonchev–Trinajstić information content (AvgIpc) is 2.85. The summed E-state index contributed by atoms with van der Waals surface area (Å²) in [6.07, 6.45) is 9.70. The van der Waals surface area contributed by atoms with Crippen LogP contribution in [0, 0.1) is 5.92 Å². The molecule has 0 spiro atoms. The Morgan fingerprint density at radius 1 is 1.05 bits per heavy atom. The molecule has 0 radical (unpaired) electrons. The molecule has 3 fully saturated rings. The fourth-order valence-electron chi connectivity index (χ4n) is 4.08. The standard InChI is InChI=1S/C15H26N2O2/c18-14-8-4-3-7-12(14)17-15(19)13-9-10-5-1-2-6-11(10)16-13/h10-14,16,18H,1-9H2,(H,17,19)/t10?,11?,12-,13?,14-/m0/s1. The molecule has 4 heteroatoms. The van der Waals surface area contributed by atoms with E-state index in [4.69, 9.17) is 0 Å². The Labute approximate surface area is 115 Å². The van der Waals surface area contributed by atoms with Crippen LogP contribution in [0.3, 0.4) is 0 Å². The van der Waals surface area contributed by atoms with Crippen LogP contribution in [0.2, 0.25) is 0 Å². The zero-order valence-corrected chi connectivity index (χ0v) is 11.6. The van der Waals surface area contributed by atoms with Crippen molar-refractivity contribution in [3.8, 4) is 0 Å². The average molecular weight is 266 g/mol. The van der Waals surface area contributed by atoms with Crippen molar-refractivity contribution in [1.29, 1.82) is 0 Å². The van der Waals surface area contributed by atoms with Crippen molar-refractivity contribution in [3.05, 3.63) is 0 Å². The maximum absolute atomic E-state index is 12.3. The molecule has 3 N–H and O–H groups in total. The summed E-state index contributed by atoms with van der Waals surface area (Å²) in [6.45, 7) is 0. The number of aliphatic hydroxyl groups excluding tert-OH is 1. The first-order valence-electron chi connectivity index (χ1n) is 7.98. The number of hydrogen-bond donors (Lipinski definition) is 3. The number of hydrogen-bond acceptors (Lipinski definition) is 3. The Morgan fingerprint density at radius 3 is 2.58 bits per heavy atom. The summed E-state index contributed by atoms with van der Waals surface area (Å²) in [5.74, 6) is 0.807. The monoisotopic (exact) mass is 266 g/mol. The van der Waals surface area contributed by atoms with Crippen molar-refractivity contribution in [3.63, 3.8) is 0 Å². The number of carbonyl (C=O) groups excluding carboxylic acids is 1. The second-order valence-corrected chi connectivity index (χ2v) is 6.57. The summed E-state index contributed by atoms with van der Waals surface area (Å²) in [5.41, 5.74) is 0. The predicted molar refractivity (Wildman–Crippen MR) is 73.7 cm³/mol. The molecule has 2 saturated carbocycles. The minimum Gasteiger partial charge on any atom is -0.391 e. The van der Waals surface area contributed by atoms with Crippen LogP contribution in [0.1, 0.15) is 57.8 Å². The van der Waals surface area contributed by atoms with Gasteiger partial charge in [0.05, 0.1) is 18.2 Å². The zero-order chi connectivity index (χ0) is 13.2. The minimum atomic E-state index is -0.346. The van der Waals surface area contributed by atoms with E-state index in [0.29, 0.717) is 12.0 Å². The molecule has 1 saturated heterocycles. The first kappa shape index (κ1) is 13.4. The van der Waals surface area contributed by atoms with Crippen LogP contribution in [0.4, 0.5) is 0 Å². The van der Waals surface area contributed by atoms with E-state index >= 15 is 0 Å². The highest BCUT2D eigenvalue weighted by molar-refractivity contribution is 5.82. The molecule has 3 rings (SSSR count). The molecular formula is C15H26N2O2. The van der Waals surface area contributed by atoms with Crippen LogP contribution in [0.5, 0.6) is 0 Å². The van der Waals surface area contributed by atoms with E-state index in [0.717, 1.165) is 32.1 Å².